The van der Waals surface area contributed by atoms with Crippen LogP contribution in [0.15, 0.2) is 78.9 Å². The summed E-state index contributed by atoms with van der Waals surface area (Å²) in [6.45, 7) is 0. The molecule has 0 unspecified atom stereocenters. The minimum Gasteiger partial charge on any atom is -0.294 e. The van der Waals surface area contributed by atoms with Gasteiger partial charge in [-0.05, 0) is 17.7 Å². The van der Waals surface area contributed by atoms with Crippen LogP contribution in [-0.4, -0.2) is 5.78 Å². The largest absolute Gasteiger partial charge is 0.294 e. The summed E-state index contributed by atoms with van der Waals surface area (Å²) in [7, 11) is 0. The maximum atomic E-state index is 12.9. The zero-order valence-electron chi connectivity index (χ0n) is 14.5. The van der Waals surface area contributed by atoms with Crippen molar-refractivity contribution in [1.82, 2.24) is 0 Å². The van der Waals surface area contributed by atoms with Crippen LogP contribution in [0, 0.1) is 11.3 Å². The fourth-order valence-corrected chi connectivity index (χ4v) is 3.87. The van der Waals surface area contributed by atoms with Gasteiger partial charge in [0.1, 0.15) is 0 Å². The molecule has 0 saturated heterocycles. The Balaban J connectivity index is 2.04. The molecule has 3 aromatic rings. The van der Waals surface area contributed by atoms with Gasteiger partial charge in [-0.25, -0.2) is 0 Å². The molecule has 3 rings (SSSR count). The highest BCUT2D eigenvalue weighted by molar-refractivity contribution is 6.36. The smallest absolute Gasteiger partial charge is 0.163 e. The third kappa shape index (κ3) is 4.39. The van der Waals surface area contributed by atoms with E-state index in [1.165, 1.54) is 0 Å². The molecule has 0 radical (unpaired) electrons. The number of nitrogens with zero attached hydrogens (tertiary/aromatic N) is 1. The van der Waals surface area contributed by atoms with E-state index in [2.05, 4.69) is 6.07 Å². The number of rotatable bonds is 6. The average Bonchev–Trinajstić information content (AvgIpc) is 2.70. The summed E-state index contributed by atoms with van der Waals surface area (Å²) < 4.78 is 0. The van der Waals surface area contributed by atoms with E-state index in [0.29, 0.717) is 21.2 Å². The Labute approximate surface area is 169 Å². The van der Waals surface area contributed by atoms with Crippen LogP contribution < -0.4 is 0 Å². The third-order valence-electron chi connectivity index (χ3n) is 4.58. The van der Waals surface area contributed by atoms with Crippen LogP contribution in [0.4, 0.5) is 0 Å². The van der Waals surface area contributed by atoms with Gasteiger partial charge in [0.2, 0.25) is 0 Å². The highest BCUT2D eigenvalue weighted by Gasteiger charge is 2.30. The van der Waals surface area contributed by atoms with Gasteiger partial charge in [0.15, 0.2) is 5.78 Å². The van der Waals surface area contributed by atoms with Gasteiger partial charge in [0.25, 0.3) is 0 Å². The molecule has 0 bridgehead atoms. The molecule has 0 spiro atoms. The number of carbonyl (C=O) groups excluding carboxylic acids is 1. The van der Waals surface area contributed by atoms with Crippen molar-refractivity contribution in [1.29, 1.82) is 5.26 Å². The van der Waals surface area contributed by atoms with E-state index in [-0.39, 0.29) is 18.1 Å². The highest BCUT2D eigenvalue weighted by atomic mass is 35.5. The molecule has 0 saturated carbocycles. The van der Waals surface area contributed by atoms with E-state index < -0.39 is 5.92 Å². The van der Waals surface area contributed by atoms with Crippen LogP contribution in [0.3, 0.4) is 0 Å². The highest BCUT2D eigenvalue weighted by Crippen LogP contribution is 2.42. The van der Waals surface area contributed by atoms with E-state index in [9.17, 15) is 10.1 Å². The first kappa shape index (κ1) is 19.2. The van der Waals surface area contributed by atoms with Gasteiger partial charge in [-0.15, -0.1) is 0 Å². The lowest BCUT2D eigenvalue weighted by molar-refractivity contribution is 0.0971. The zero-order valence-corrected chi connectivity index (χ0v) is 16.0. The van der Waals surface area contributed by atoms with Gasteiger partial charge in [0, 0.05) is 33.5 Å². The Hall–Kier alpha value is -2.60. The quantitative estimate of drug-likeness (QED) is 0.439. The van der Waals surface area contributed by atoms with Gasteiger partial charge in [-0.1, -0.05) is 89.9 Å². The van der Waals surface area contributed by atoms with Crippen LogP contribution in [0.1, 0.15) is 39.7 Å². The van der Waals surface area contributed by atoms with Crippen LogP contribution in [-0.2, 0) is 0 Å². The van der Waals surface area contributed by atoms with Gasteiger partial charge in [0.05, 0.1) is 12.0 Å². The Kier molecular flexibility index (Phi) is 6.29. The van der Waals surface area contributed by atoms with Crippen molar-refractivity contribution in [2.75, 3.05) is 0 Å². The van der Waals surface area contributed by atoms with Crippen molar-refractivity contribution in [3.8, 4) is 6.07 Å². The lowest BCUT2D eigenvalue weighted by Crippen LogP contribution is -2.16. The van der Waals surface area contributed by atoms with Crippen LogP contribution >= 0.6 is 23.2 Å². The number of benzene rings is 3. The second kappa shape index (κ2) is 8.86. The molecule has 2 atom stereocenters. The van der Waals surface area contributed by atoms with Crippen molar-refractivity contribution in [2.24, 2.45) is 0 Å². The maximum absolute atomic E-state index is 12.9. The van der Waals surface area contributed by atoms with Crippen LogP contribution in [0.25, 0.3) is 0 Å². The fourth-order valence-electron chi connectivity index (χ4n) is 3.23. The standard InChI is InChI=1S/C23H17Cl2NO/c24-20-12-7-13-21(25)23(20)19(15-26)18(16-8-3-1-4-9-16)14-22(27)17-10-5-2-6-11-17/h1-13,18-19H,14H2/t18-,19-/m0/s1. The average molecular weight is 394 g/mol. The number of hydrogen-bond donors (Lipinski definition) is 0. The molecular weight excluding hydrogens is 377 g/mol. The SMILES string of the molecule is N#C[C@H](c1c(Cl)cccc1Cl)[C@@H](CC(=O)c1ccccc1)c1ccccc1. The minimum atomic E-state index is -0.638. The molecule has 0 aliphatic rings. The number of Topliss-reactive ketones (excluding diaryl/α,β-unsaturated/α-hetero) is 1. The lowest BCUT2D eigenvalue weighted by atomic mass is 9.78. The Morgan fingerprint density at radius 1 is 0.852 bits per heavy atom. The third-order valence-corrected chi connectivity index (χ3v) is 5.24. The van der Waals surface area contributed by atoms with Crippen molar-refractivity contribution >= 4 is 29.0 Å². The topological polar surface area (TPSA) is 40.9 Å². The number of ketones is 1. The van der Waals surface area contributed by atoms with Crippen molar-refractivity contribution in [3.63, 3.8) is 0 Å². The Bertz CT molecular complexity index is 944. The van der Waals surface area contributed by atoms with Crippen LogP contribution in [0.2, 0.25) is 10.0 Å². The summed E-state index contributed by atoms with van der Waals surface area (Å²) >= 11 is 12.7. The van der Waals surface area contributed by atoms with Crippen molar-refractivity contribution in [3.05, 3.63) is 106 Å². The molecule has 134 valence electrons. The molecule has 0 fully saturated rings. The van der Waals surface area contributed by atoms with Gasteiger partial charge in [-0.3, -0.25) is 4.79 Å². The normalized spacial score (nSPS) is 12.8. The summed E-state index contributed by atoms with van der Waals surface area (Å²) in [5.74, 6) is -1.02. The maximum Gasteiger partial charge on any atom is 0.163 e. The van der Waals surface area contributed by atoms with E-state index in [4.69, 9.17) is 23.2 Å². The van der Waals surface area contributed by atoms with Crippen LogP contribution in [0.5, 0.6) is 0 Å². The Morgan fingerprint density at radius 2 is 1.41 bits per heavy atom. The molecule has 0 N–H and O–H groups in total. The number of hydrogen-bond acceptors (Lipinski definition) is 2. The molecule has 2 nitrogen and oxygen atoms in total. The second-order valence-electron chi connectivity index (χ2n) is 6.25. The first-order valence-corrected chi connectivity index (χ1v) is 9.34. The monoisotopic (exact) mass is 393 g/mol. The molecule has 0 aliphatic heterocycles. The molecule has 27 heavy (non-hydrogen) atoms. The molecule has 0 heterocycles. The van der Waals surface area contributed by atoms with Gasteiger partial charge in [-0.2, -0.15) is 5.26 Å². The van der Waals surface area contributed by atoms with Gasteiger partial charge >= 0.3 is 0 Å². The predicted octanol–water partition coefficient (Wildman–Crippen LogP) is 6.66. The summed E-state index contributed by atoms with van der Waals surface area (Å²) in [5.41, 5.74) is 2.10. The number of halogens is 2. The Morgan fingerprint density at radius 3 is 1.96 bits per heavy atom. The van der Waals surface area contributed by atoms with Crippen molar-refractivity contribution in [2.45, 2.75) is 18.3 Å². The van der Waals surface area contributed by atoms with Gasteiger partial charge < -0.3 is 0 Å². The summed E-state index contributed by atoms with van der Waals surface area (Å²) in [6.07, 6.45) is 0.188. The lowest BCUT2D eigenvalue weighted by Gasteiger charge is -2.24. The molecule has 0 amide bonds. The van der Waals surface area contributed by atoms with E-state index in [1.807, 2.05) is 48.5 Å². The summed E-state index contributed by atoms with van der Waals surface area (Å²) in [5, 5.41) is 10.8. The molecular formula is C23H17Cl2NO. The molecule has 0 aliphatic carbocycles. The van der Waals surface area contributed by atoms with E-state index >= 15 is 0 Å². The summed E-state index contributed by atoms with van der Waals surface area (Å²) in [6, 6.07) is 26.2. The predicted molar refractivity (Wildman–Crippen MR) is 109 cm³/mol. The summed E-state index contributed by atoms with van der Waals surface area (Å²) in [4.78, 5) is 12.9. The number of carbonyl (C=O) groups is 1. The van der Waals surface area contributed by atoms with E-state index in [0.717, 1.165) is 5.56 Å². The molecule has 4 heteroatoms. The molecule has 3 aromatic carbocycles. The fraction of sp³-hybridized carbons (Fsp3) is 0.130. The van der Waals surface area contributed by atoms with E-state index in [1.54, 1.807) is 30.3 Å². The minimum absolute atomic E-state index is 0.0205. The first-order chi connectivity index (χ1) is 13.1. The number of nitriles is 1. The molecule has 0 aromatic heterocycles. The first-order valence-electron chi connectivity index (χ1n) is 8.58. The second-order valence-corrected chi connectivity index (χ2v) is 7.07. The zero-order chi connectivity index (χ0) is 19.2. The van der Waals surface area contributed by atoms with Crippen molar-refractivity contribution < 1.29 is 4.79 Å².